The van der Waals surface area contributed by atoms with Crippen LogP contribution < -0.4 is 5.73 Å². The number of benzene rings is 1. The van der Waals surface area contributed by atoms with Crippen molar-refractivity contribution in [3.05, 3.63) is 47.6 Å². The smallest absolute Gasteiger partial charge is 0.246 e. The molecule has 1 aromatic carbocycles. The Morgan fingerprint density at radius 2 is 2.05 bits per heavy atom. The molecule has 2 N–H and O–H groups in total. The standard InChI is InChI=1S/C15H21N3O2/c1-4-10-15(2,16)14-17-13(18-20-14)12(19-3)11-8-6-5-7-9-11/h5-9,12H,4,10,16H2,1-3H3. The summed E-state index contributed by atoms with van der Waals surface area (Å²) in [5, 5.41) is 4.02. The molecule has 0 aliphatic rings. The van der Waals surface area contributed by atoms with E-state index in [0.29, 0.717) is 11.7 Å². The van der Waals surface area contributed by atoms with E-state index in [-0.39, 0.29) is 6.10 Å². The summed E-state index contributed by atoms with van der Waals surface area (Å²) < 4.78 is 10.8. The first-order valence-corrected chi connectivity index (χ1v) is 6.79. The number of nitrogens with two attached hydrogens (primary N) is 1. The molecule has 0 amide bonds. The highest BCUT2D eigenvalue weighted by atomic mass is 16.5. The van der Waals surface area contributed by atoms with Crippen molar-refractivity contribution in [2.24, 2.45) is 5.73 Å². The van der Waals surface area contributed by atoms with Crippen molar-refractivity contribution < 1.29 is 9.26 Å². The number of methoxy groups -OCH3 is 1. The van der Waals surface area contributed by atoms with Crippen LogP contribution in [0.15, 0.2) is 34.9 Å². The van der Waals surface area contributed by atoms with Gasteiger partial charge in [-0.25, -0.2) is 0 Å². The minimum Gasteiger partial charge on any atom is -0.369 e. The molecule has 0 radical (unpaired) electrons. The van der Waals surface area contributed by atoms with Gasteiger partial charge < -0.3 is 15.0 Å². The van der Waals surface area contributed by atoms with Crippen molar-refractivity contribution in [1.82, 2.24) is 10.1 Å². The van der Waals surface area contributed by atoms with Gasteiger partial charge in [-0.15, -0.1) is 0 Å². The summed E-state index contributed by atoms with van der Waals surface area (Å²) in [6, 6.07) is 9.80. The SMILES string of the molecule is CCCC(C)(N)c1nc(C(OC)c2ccccc2)no1. The zero-order valence-electron chi connectivity index (χ0n) is 12.2. The third-order valence-corrected chi connectivity index (χ3v) is 3.27. The largest absolute Gasteiger partial charge is 0.369 e. The first kappa shape index (κ1) is 14.7. The van der Waals surface area contributed by atoms with Gasteiger partial charge in [0.25, 0.3) is 0 Å². The summed E-state index contributed by atoms with van der Waals surface area (Å²) in [4.78, 5) is 4.42. The van der Waals surface area contributed by atoms with Crippen LogP contribution in [0.4, 0.5) is 0 Å². The minimum atomic E-state index is -0.602. The molecular weight excluding hydrogens is 254 g/mol. The fourth-order valence-corrected chi connectivity index (χ4v) is 2.22. The summed E-state index contributed by atoms with van der Waals surface area (Å²) in [5.41, 5.74) is 6.59. The van der Waals surface area contributed by atoms with Gasteiger partial charge in [-0.1, -0.05) is 48.8 Å². The van der Waals surface area contributed by atoms with Crippen LogP contribution in [0.5, 0.6) is 0 Å². The van der Waals surface area contributed by atoms with E-state index in [1.165, 1.54) is 0 Å². The predicted molar refractivity (Wildman–Crippen MR) is 76.0 cm³/mol. The molecular formula is C15H21N3O2. The monoisotopic (exact) mass is 275 g/mol. The average molecular weight is 275 g/mol. The Labute approximate surface area is 119 Å². The zero-order valence-corrected chi connectivity index (χ0v) is 12.2. The Balaban J connectivity index is 2.27. The normalized spacial score (nSPS) is 15.8. The maximum Gasteiger partial charge on any atom is 0.246 e. The van der Waals surface area contributed by atoms with Gasteiger partial charge in [0.05, 0.1) is 5.54 Å². The molecule has 2 atom stereocenters. The van der Waals surface area contributed by atoms with E-state index < -0.39 is 5.54 Å². The van der Waals surface area contributed by atoms with Gasteiger partial charge in [-0.2, -0.15) is 4.98 Å². The van der Waals surface area contributed by atoms with Crippen LogP contribution in [0.1, 0.15) is 50.1 Å². The molecule has 2 aromatic rings. The van der Waals surface area contributed by atoms with E-state index >= 15 is 0 Å². The summed E-state index contributed by atoms with van der Waals surface area (Å²) in [5.74, 6) is 0.953. The Bertz CT molecular complexity index is 537. The molecule has 5 nitrogen and oxygen atoms in total. The van der Waals surface area contributed by atoms with Crippen LogP contribution in [0, 0.1) is 0 Å². The Morgan fingerprint density at radius 3 is 2.65 bits per heavy atom. The third kappa shape index (κ3) is 3.05. The lowest BCUT2D eigenvalue weighted by atomic mass is 9.98. The van der Waals surface area contributed by atoms with Gasteiger partial charge in [-0.3, -0.25) is 0 Å². The van der Waals surface area contributed by atoms with Crippen LogP contribution >= 0.6 is 0 Å². The van der Waals surface area contributed by atoms with E-state index in [9.17, 15) is 0 Å². The third-order valence-electron chi connectivity index (χ3n) is 3.27. The van der Waals surface area contributed by atoms with E-state index in [2.05, 4.69) is 17.1 Å². The topological polar surface area (TPSA) is 74.2 Å². The molecule has 0 saturated heterocycles. The highest BCUT2D eigenvalue weighted by Crippen LogP contribution is 2.26. The molecule has 2 rings (SSSR count). The molecule has 0 aliphatic heterocycles. The summed E-state index contributed by atoms with van der Waals surface area (Å²) in [6.07, 6.45) is 1.40. The van der Waals surface area contributed by atoms with Crippen molar-refractivity contribution in [3.8, 4) is 0 Å². The first-order valence-electron chi connectivity index (χ1n) is 6.79. The fourth-order valence-electron chi connectivity index (χ4n) is 2.22. The second-order valence-electron chi connectivity index (χ2n) is 5.15. The van der Waals surface area contributed by atoms with E-state index in [0.717, 1.165) is 18.4 Å². The molecule has 1 aromatic heterocycles. The summed E-state index contributed by atoms with van der Waals surface area (Å²) in [7, 11) is 1.63. The average Bonchev–Trinajstić information content (AvgIpc) is 2.91. The highest BCUT2D eigenvalue weighted by Gasteiger charge is 2.29. The van der Waals surface area contributed by atoms with Crippen LogP contribution in [-0.2, 0) is 10.3 Å². The van der Waals surface area contributed by atoms with Crippen LogP contribution in [0.2, 0.25) is 0 Å². The number of ether oxygens (including phenoxy) is 1. The molecule has 0 spiro atoms. The van der Waals surface area contributed by atoms with Crippen molar-refractivity contribution >= 4 is 0 Å². The molecule has 0 aliphatic carbocycles. The molecule has 2 unspecified atom stereocenters. The van der Waals surface area contributed by atoms with Crippen LogP contribution in [0.3, 0.4) is 0 Å². The van der Waals surface area contributed by atoms with E-state index in [4.69, 9.17) is 15.0 Å². The van der Waals surface area contributed by atoms with Gasteiger partial charge >= 0.3 is 0 Å². The molecule has 108 valence electrons. The summed E-state index contributed by atoms with van der Waals surface area (Å²) in [6.45, 7) is 3.97. The summed E-state index contributed by atoms with van der Waals surface area (Å²) >= 11 is 0. The number of nitrogens with zero attached hydrogens (tertiary/aromatic N) is 2. The highest BCUT2D eigenvalue weighted by molar-refractivity contribution is 5.22. The van der Waals surface area contributed by atoms with Crippen molar-refractivity contribution in [3.63, 3.8) is 0 Å². The molecule has 20 heavy (non-hydrogen) atoms. The van der Waals surface area contributed by atoms with Crippen molar-refractivity contribution in [2.75, 3.05) is 7.11 Å². The van der Waals surface area contributed by atoms with Gasteiger partial charge in [0.1, 0.15) is 6.10 Å². The number of hydrogen-bond donors (Lipinski definition) is 1. The number of hydrogen-bond acceptors (Lipinski definition) is 5. The van der Waals surface area contributed by atoms with Gasteiger partial charge in [0.2, 0.25) is 11.7 Å². The second-order valence-corrected chi connectivity index (χ2v) is 5.15. The first-order chi connectivity index (χ1) is 9.58. The Morgan fingerprint density at radius 1 is 1.35 bits per heavy atom. The van der Waals surface area contributed by atoms with Crippen LogP contribution in [0.25, 0.3) is 0 Å². The quantitative estimate of drug-likeness (QED) is 0.877. The Hall–Kier alpha value is -1.72. The van der Waals surface area contributed by atoms with Crippen LogP contribution in [-0.4, -0.2) is 17.3 Å². The lowest BCUT2D eigenvalue weighted by Gasteiger charge is -2.18. The molecule has 0 fully saturated rings. The van der Waals surface area contributed by atoms with Crippen molar-refractivity contribution in [1.29, 1.82) is 0 Å². The van der Waals surface area contributed by atoms with E-state index in [1.807, 2.05) is 37.3 Å². The second kappa shape index (κ2) is 6.15. The minimum absolute atomic E-state index is 0.342. The predicted octanol–water partition coefficient (Wildman–Crippen LogP) is 2.78. The van der Waals surface area contributed by atoms with Crippen molar-refractivity contribution in [2.45, 2.75) is 38.3 Å². The fraction of sp³-hybridized carbons (Fsp3) is 0.467. The van der Waals surface area contributed by atoms with Gasteiger partial charge in [0.15, 0.2) is 0 Å². The maximum absolute atomic E-state index is 6.21. The van der Waals surface area contributed by atoms with E-state index in [1.54, 1.807) is 7.11 Å². The zero-order chi connectivity index (χ0) is 14.6. The van der Waals surface area contributed by atoms with Gasteiger partial charge in [-0.05, 0) is 18.9 Å². The van der Waals surface area contributed by atoms with Gasteiger partial charge in [0, 0.05) is 7.11 Å². The molecule has 0 saturated carbocycles. The molecule has 1 heterocycles. The Kier molecular flexibility index (Phi) is 4.52. The molecule has 5 heteroatoms. The number of aromatic nitrogens is 2. The maximum atomic E-state index is 6.21. The number of rotatable bonds is 6. The molecule has 0 bridgehead atoms. The lowest BCUT2D eigenvalue weighted by Crippen LogP contribution is -2.33. The lowest BCUT2D eigenvalue weighted by molar-refractivity contribution is 0.126.